The maximum absolute atomic E-state index is 11.8. The first kappa shape index (κ1) is 15.0. The summed E-state index contributed by atoms with van der Waals surface area (Å²) in [6.07, 6.45) is 0.382. The summed E-state index contributed by atoms with van der Waals surface area (Å²) in [6, 6.07) is 5.07. The van der Waals surface area contributed by atoms with E-state index < -0.39 is 11.9 Å². The molecular formula is C12H13BrClNO3. The lowest BCUT2D eigenvalue weighted by molar-refractivity contribution is -0.141. The maximum atomic E-state index is 11.8. The molecule has 1 atom stereocenters. The quantitative estimate of drug-likeness (QED) is 0.870. The van der Waals surface area contributed by atoms with Crippen LogP contribution in [0.25, 0.3) is 0 Å². The van der Waals surface area contributed by atoms with Gasteiger partial charge in [0.15, 0.2) is 0 Å². The van der Waals surface area contributed by atoms with Gasteiger partial charge in [-0.25, -0.2) is 0 Å². The van der Waals surface area contributed by atoms with E-state index in [0.717, 1.165) is 0 Å². The summed E-state index contributed by atoms with van der Waals surface area (Å²) in [5.74, 6) is -1.66. The van der Waals surface area contributed by atoms with Crippen LogP contribution >= 0.6 is 27.5 Å². The van der Waals surface area contributed by atoms with Crippen molar-refractivity contribution in [3.8, 4) is 0 Å². The van der Waals surface area contributed by atoms with E-state index in [4.69, 9.17) is 16.7 Å². The number of benzene rings is 1. The summed E-state index contributed by atoms with van der Waals surface area (Å²) in [7, 11) is 0. The van der Waals surface area contributed by atoms with E-state index in [-0.39, 0.29) is 5.91 Å². The van der Waals surface area contributed by atoms with E-state index in [0.29, 0.717) is 28.0 Å². The normalized spacial score (nSPS) is 11.9. The highest BCUT2D eigenvalue weighted by Gasteiger charge is 2.14. The van der Waals surface area contributed by atoms with Crippen LogP contribution in [0.4, 0.5) is 0 Å². The van der Waals surface area contributed by atoms with Crippen molar-refractivity contribution in [2.45, 2.75) is 13.3 Å². The molecule has 0 aromatic heterocycles. The molecule has 6 heteroatoms. The first-order valence-electron chi connectivity index (χ1n) is 5.38. The smallest absolute Gasteiger partial charge is 0.306 e. The molecule has 0 fully saturated rings. The highest BCUT2D eigenvalue weighted by atomic mass is 79.9. The zero-order chi connectivity index (χ0) is 13.7. The van der Waals surface area contributed by atoms with Gasteiger partial charge in [-0.2, -0.15) is 0 Å². The summed E-state index contributed by atoms with van der Waals surface area (Å²) in [6.45, 7) is 1.90. The summed E-state index contributed by atoms with van der Waals surface area (Å²) in [4.78, 5) is 22.4. The van der Waals surface area contributed by atoms with E-state index in [1.165, 1.54) is 0 Å². The minimum atomic E-state index is -0.871. The molecule has 1 amide bonds. The van der Waals surface area contributed by atoms with Crippen LogP contribution in [0.15, 0.2) is 22.7 Å². The van der Waals surface area contributed by atoms with Gasteiger partial charge in [-0.3, -0.25) is 9.59 Å². The number of carboxylic acid groups (broad SMARTS) is 1. The van der Waals surface area contributed by atoms with E-state index in [1.807, 2.05) is 0 Å². The van der Waals surface area contributed by atoms with Crippen LogP contribution in [0.5, 0.6) is 0 Å². The SMILES string of the molecule is CC(CCNC(=O)c1cccc(Br)c1Cl)C(=O)O. The molecule has 0 aliphatic carbocycles. The zero-order valence-electron chi connectivity index (χ0n) is 9.74. The second-order valence-corrected chi connectivity index (χ2v) is 5.12. The Morgan fingerprint density at radius 2 is 2.17 bits per heavy atom. The van der Waals surface area contributed by atoms with Gasteiger partial charge in [0, 0.05) is 11.0 Å². The Hall–Kier alpha value is -1.07. The van der Waals surface area contributed by atoms with Gasteiger partial charge in [0.2, 0.25) is 0 Å². The van der Waals surface area contributed by atoms with Gasteiger partial charge in [-0.05, 0) is 34.5 Å². The molecule has 1 unspecified atom stereocenters. The number of aliphatic carboxylic acids is 1. The summed E-state index contributed by atoms with van der Waals surface area (Å²) < 4.78 is 0.649. The van der Waals surface area contributed by atoms with Gasteiger partial charge in [-0.15, -0.1) is 0 Å². The molecule has 0 radical (unpaired) electrons. The first-order chi connectivity index (χ1) is 8.43. The fourth-order valence-corrected chi connectivity index (χ4v) is 1.88. The number of carbonyl (C=O) groups excluding carboxylic acids is 1. The number of halogens is 2. The zero-order valence-corrected chi connectivity index (χ0v) is 12.1. The van der Waals surface area contributed by atoms with Crippen molar-refractivity contribution in [2.24, 2.45) is 5.92 Å². The highest BCUT2D eigenvalue weighted by Crippen LogP contribution is 2.25. The molecule has 0 saturated heterocycles. The molecule has 18 heavy (non-hydrogen) atoms. The largest absolute Gasteiger partial charge is 0.481 e. The molecule has 2 N–H and O–H groups in total. The van der Waals surface area contributed by atoms with Gasteiger partial charge in [0.05, 0.1) is 16.5 Å². The monoisotopic (exact) mass is 333 g/mol. The van der Waals surface area contributed by atoms with Crippen LogP contribution < -0.4 is 5.32 Å². The van der Waals surface area contributed by atoms with Crippen molar-refractivity contribution < 1.29 is 14.7 Å². The van der Waals surface area contributed by atoms with Gasteiger partial charge in [0.25, 0.3) is 5.91 Å². The van der Waals surface area contributed by atoms with Crippen molar-refractivity contribution >= 4 is 39.4 Å². The second-order valence-electron chi connectivity index (χ2n) is 3.89. The third-order valence-corrected chi connectivity index (χ3v) is 3.78. The van der Waals surface area contributed by atoms with E-state index in [2.05, 4.69) is 21.2 Å². The lowest BCUT2D eigenvalue weighted by Gasteiger charge is -2.09. The number of nitrogens with one attached hydrogen (secondary N) is 1. The number of hydrogen-bond acceptors (Lipinski definition) is 2. The number of hydrogen-bond donors (Lipinski definition) is 2. The molecule has 98 valence electrons. The average Bonchev–Trinajstić information content (AvgIpc) is 2.32. The molecule has 0 bridgehead atoms. The highest BCUT2D eigenvalue weighted by molar-refractivity contribution is 9.10. The molecular weight excluding hydrogens is 321 g/mol. The summed E-state index contributed by atoms with van der Waals surface area (Å²) in [5, 5.41) is 11.7. The molecule has 1 aromatic rings. The average molecular weight is 335 g/mol. The van der Waals surface area contributed by atoms with Crippen LogP contribution in [0, 0.1) is 5.92 Å². The molecule has 0 aliphatic rings. The maximum Gasteiger partial charge on any atom is 0.306 e. The lowest BCUT2D eigenvalue weighted by Crippen LogP contribution is -2.27. The molecule has 0 heterocycles. The minimum Gasteiger partial charge on any atom is -0.481 e. The molecule has 4 nitrogen and oxygen atoms in total. The Morgan fingerprint density at radius 1 is 1.50 bits per heavy atom. The second kappa shape index (κ2) is 6.75. The molecule has 0 spiro atoms. The number of amides is 1. The van der Waals surface area contributed by atoms with Crippen LogP contribution in [0.3, 0.4) is 0 Å². The van der Waals surface area contributed by atoms with E-state index in [9.17, 15) is 9.59 Å². The van der Waals surface area contributed by atoms with Gasteiger partial charge in [-0.1, -0.05) is 24.6 Å². The van der Waals surface area contributed by atoms with Crippen LogP contribution in [-0.4, -0.2) is 23.5 Å². The predicted octanol–water partition coefficient (Wildman–Crippen LogP) is 2.94. The van der Waals surface area contributed by atoms with Crippen molar-refractivity contribution in [1.82, 2.24) is 5.32 Å². The van der Waals surface area contributed by atoms with Crippen molar-refractivity contribution in [3.63, 3.8) is 0 Å². The van der Waals surface area contributed by atoms with Crippen LogP contribution in [0.1, 0.15) is 23.7 Å². The topological polar surface area (TPSA) is 66.4 Å². The summed E-state index contributed by atoms with van der Waals surface area (Å²) >= 11 is 9.21. The first-order valence-corrected chi connectivity index (χ1v) is 6.55. The van der Waals surface area contributed by atoms with E-state index >= 15 is 0 Å². The van der Waals surface area contributed by atoms with Crippen molar-refractivity contribution in [1.29, 1.82) is 0 Å². The number of carbonyl (C=O) groups is 2. The number of rotatable bonds is 5. The van der Waals surface area contributed by atoms with Crippen molar-refractivity contribution in [2.75, 3.05) is 6.54 Å². The van der Waals surface area contributed by atoms with Crippen LogP contribution in [-0.2, 0) is 4.79 Å². The fraction of sp³-hybridized carbons (Fsp3) is 0.333. The minimum absolute atomic E-state index is 0.301. The van der Waals surface area contributed by atoms with Gasteiger partial charge in [0.1, 0.15) is 0 Å². The van der Waals surface area contributed by atoms with Crippen molar-refractivity contribution in [3.05, 3.63) is 33.3 Å². The number of carboxylic acids is 1. The molecule has 0 aliphatic heterocycles. The molecule has 1 rings (SSSR count). The third kappa shape index (κ3) is 3.99. The predicted molar refractivity (Wildman–Crippen MR) is 72.9 cm³/mol. The van der Waals surface area contributed by atoms with Gasteiger partial charge >= 0.3 is 5.97 Å². The van der Waals surface area contributed by atoms with E-state index in [1.54, 1.807) is 25.1 Å². The van der Waals surface area contributed by atoms with Gasteiger partial charge < -0.3 is 10.4 Å². The Labute approximate surface area is 118 Å². The lowest BCUT2D eigenvalue weighted by atomic mass is 10.1. The third-order valence-electron chi connectivity index (χ3n) is 2.48. The Bertz CT molecular complexity index is 465. The molecule has 1 aromatic carbocycles. The fourth-order valence-electron chi connectivity index (χ4n) is 1.30. The Kier molecular flexibility index (Phi) is 5.62. The standard InChI is InChI=1S/C12H13BrClNO3/c1-7(12(17)18)5-6-15-11(16)8-3-2-4-9(13)10(8)14/h2-4,7H,5-6H2,1H3,(H,15,16)(H,17,18). The Morgan fingerprint density at radius 3 is 2.78 bits per heavy atom. The van der Waals surface area contributed by atoms with Crippen LogP contribution in [0.2, 0.25) is 5.02 Å². The molecule has 0 saturated carbocycles. The summed E-state index contributed by atoms with van der Waals surface area (Å²) in [5.41, 5.74) is 0.369. The Balaban J connectivity index is 2.56.